The maximum atomic E-state index is 13.4. The molecule has 0 radical (unpaired) electrons. The Kier molecular flexibility index (Phi) is 7.42. The number of anilines is 1. The Morgan fingerprint density at radius 1 is 0.848 bits per heavy atom. The van der Waals surface area contributed by atoms with Gasteiger partial charge in [-0.25, -0.2) is 17.1 Å². The van der Waals surface area contributed by atoms with Gasteiger partial charge in [-0.3, -0.25) is 0 Å². The predicted molar refractivity (Wildman–Crippen MR) is 118 cm³/mol. The largest absolute Gasteiger partial charge is 0.416 e. The van der Waals surface area contributed by atoms with Gasteiger partial charge in [0.1, 0.15) is 4.60 Å². The zero-order chi connectivity index (χ0) is 24.6. The summed E-state index contributed by atoms with van der Waals surface area (Å²) < 4.78 is 107. The van der Waals surface area contributed by atoms with Crippen LogP contribution < -0.4 is 3.71 Å². The molecule has 0 bridgehead atoms. The Morgan fingerprint density at radius 2 is 1.42 bits per heavy atom. The molecule has 33 heavy (non-hydrogen) atoms. The molecule has 2 aromatic carbocycles. The molecule has 176 valence electrons. The van der Waals surface area contributed by atoms with Crippen LogP contribution in [0, 0.1) is 0 Å². The van der Waals surface area contributed by atoms with Crippen molar-refractivity contribution in [1.82, 2.24) is 4.98 Å². The highest BCUT2D eigenvalue weighted by molar-refractivity contribution is 9.11. The van der Waals surface area contributed by atoms with Crippen molar-refractivity contribution in [3.8, 4) is 0 Å². The molecule has 4 nitrogen and oxygen atoms in total. The molecule has 14 heteroatoms. The van der Waals surface area contributed by atoms with Gasteiger partial charge in [0.2, 0.25) is 0 Å². The third-order valence-electron chi connectivity index (χ3n) is 4.01. The zero-order valence-electron chi connectivity index (χ0n) is 15.8. The minimum Gasteiger partial charge on any atom is -0.246 e. The summed E-state index contributed by atoms with van der Waals surface area (Å²) in [5, 5.41) is 0. The summed E-state index contributed by atoms with van der Waals surface area (Å²) in [5.41, 5.74) is -2.33. The van der Waals surface area contributed by atoms with Crippen LogP contribution in [-0.2, 0) is 22.4 Å². The quantitative estimate of drug-likeness (QED) is 0.165. The molecule has 0 fully saturated rings. The van der Waals surface area contributed by atoms with E-state index in [1.807, 2.05) is 0 Å². The molecule has 0 atom stereocenters. The van der Waals surface area contributed by atoms with Gasteiger partial charge in [-0.05, 0) is 74.3 Å². The highest BCUT2D eigenvalue weighted by Gasteiger charge is 2.35. The van der Waals surface area contributed by atoms with Gasteiger partial charge in [0.15, 0.2) is 0 Å². The second kappa shape index (κ2) is 9.47. The number of pyridine rings is 1. The van der Waals surface area contributed by atoms with E-state index in [1.54, 1.807) is 0 Å². The minimum absolute atomic E-state index is 0.000673. The van der Waals surface area contributed by atoms with Crippen molar-refractivity contribution in [2.75, 3.05) is 3.71 Å². The summed E-state index contributed by atoms with van der Waals surface area (Å²) in [7, 11) is -4.70. The average molecular weight is 636 g/mol. The van der Waals surface area contributed by atoms with E-state index in [0.29, 0.717) is 32.3 Å². The molecule has 0 saturated carbocycles. The SMILES string of the molecule is O=S(=O)(c1cccc(C(F)(F)F)c1)N(Sc1cccc(C(F)(F)F)c1)c1cc(Br)cnc1Br. The Morgan fingerprint density at radius 3 is 2.03 bits per heavy atom. The summed E-state index contributed by atoms with van der Waals surface area (Å²) in [6, 6.07) is 8.24. The number of benzene rings is 2. The topological polar surface area (TPSA) is 50.3 Å². The Balaban J connectivity index is 2.17. The fraction of sp³-hybridized carbons (Fsp3) is 0.105. The third kappa shape index (κ3) is 6.03. The van der Waals surface area contributed by atoms with Gasteiger partial charge >= 0.3 is 12.4 Å². The van der Waals surface area contributed by atoms with Gasteiger partial charge in [-0.1, -0.05) is 12.1 Å². The molecule has 0 unspecified atom stereocenters. The number of sulfonamides is 1. The second-order valence-corrected chi connectivity index (χ2v) is 11.0. The van der Waals surface area contributed by atoms with Crippen LogP contribution >= 0.6 is 43.8 Å². The molecule has 0 saturated heterocycles. The molecule has 0 spiro atoms. The molecule has 0 aliphatic carbocycles. The Labute approximate surface area is 205 Å². The number of nitrogens with zero attached hydrogens (tertiary/aromatic N) is 2. The fourth-order valence-corrected chi connectivity index (χ4v) is 6.24. The predicted octanol–water partition coefficient (Wildman–Crippen LogP) is 7.55. The van der Waals surface area contributed by atoms with Crippen molar-refractivity contribution >= 4 is 59.5 Å². The number of aromatic nitrogens is 1. The first-order valence-electron chi connectivity index (χ1n) is 8.58. The van der Waals surface area contributed by atoms with Crippen LogP contribution in [0.15, 0.2) is 79.7 Å². The highest BCUT2D eigenvalue weighted by Crippen LogP contribution is 2.41. The van der Waals surface area contributed by atoms with E-state index >= 15 is 0 Å². The van der Waals surface area contributed by atoms with Crippen molar-refractivity contribution in [3.05, 3.63) is 81.0 Å². The first kappa shape index (κ1) is 25.8. The molecular weight excluding hydrogens is 626 g/mol. The lowest BCUT2D eigenvalue weighted by molar-refractivity contribution is -0.138. The smallest absolute Gasteiger partial charge is 0.246 e. The summed E-state index contributed by atoms with van der Waals surface area (Å²) in [6.07, 6.45) is -8.15. The molecule has 0 amide bonds. The van der Waals surface area contributed by atoms with Crippen LogP contribution in [0.4, 0.5) is 32.0 Å². The van der Waals surface area contributed by atoms with Crippen molar-refractivity contribution in [3.63, 3.8) is 0 Å². The molecule has 0 aliphatic heterocycles. The van der Waals surface area contributed by atoms with Gasteiger partial charge in [0, 0.05) is 27.5 Å². The van der Waals surface area contributed by atoms with Gasteiger partial charge in [-0.2, -0.15) is 26.3 Å². The average Bonchev–Trinajstić information content (AvgIpc) is 2.73. The Hall–Kier alpha value is -1.77. The molecule has 1 heterocycles. The maximum Gasteiger partial charge on any atom is 0.416 e. The summed E-state index contributed by atoms with van der Waals surface area (Å²) >= 11 is 6.61. The summed E-state index contributed by atoms with van der Waals surface area (Å²) in [6.45, 7) is 0. The van der Waals surface area contributed by atoms with Crippen LogP contribution in [0.5, 0.6) is 0 Å². The lowest BCUT2D eigenvalue weighted by atomic mass is 10.2. The van der Waals surface area contributed by atoms with Crippen molar-refractivity contribution in [2.45, 2.75) is 22.1 Å². The molecular formula is C19H10Br2F6N2O2S2. The van der Waals surface area contributed by atoms with Crippen LogP contribution in [0.1, 0.15) is 11.1 Å². The van der Waals surface area contributed by atoms with E-state index < -0.39 is 38.4 Å². The van der Waals surface area contributed by atoms with Gasteiger partial charge < -0.3 is 0 Å². The molecule has 1 aromatic heterocycles. The van der Waals surface area contributed by atoms with Gasteiger partial charge in [0.05, 0.1) is 21.7 Å². The van der Waals surface area contributed by atoms with Crippen LogP contribution in [0.2, 0.25) is 0 Å². The first-order valence-corrected chi connectivity index (χ1v) is 12.4. The zero-order valence-corrected chi connectivity index (χ0v) is 20.6. The third-order valence-corrected chi connectivity index (χ3v) is 8.18. The van der Waals surface area contributed by atoms with Crippen molar-refractivity contribution in [1.29, 1.82) is 0 Å². The fourth-order valence-electron chi connectivity index (χ4n) is 2.52. The second-order valence-electron chi connectivity index (χ2n) is 6.34. The van der Waals surface area contributed by atoms with E-state index in [4.69, 9.17) is 0 Å². The van der Waals surface area contributed by atoms with E-state index in [2.05, 4.69) is 36.8 Å². The lowest BCUT2D eigenvalue weighted by Crippen LogP contribution is -2.25. The lowest BCUT2D eigenvalue weighted by Gasteiger charge is -2.24. The van der Waals surface area contributed by atoms with E-state index in [9.17, 15) is 34.8 Å². The van der Waals surface area contributed by atoms with E-state index in [0.717, 1.165) is 30.3 Å². The minimum atomic E-state index is -4.80. The summed E-state index contributed by atoms with van der Waals surface area (Å²) in [4.78, 5) is 3.13. The van der Waals surface area contributed by atoms with E-state index in [1.165, 1.54) is 18.3 Å². The van der Waals surface area contributed by atoms with Gasteiger partial charge in [-0.15, -0.1) is 0 Å². The highest BCUT2D eigenvalue weighted by atomic mass is 79.9. The number of hydrogen-bond donors (Lipinski definition) is 0. The normalized spacial score (nSPS) is 12.6. The molecule has 0 aliphatic rings. The monoisotopic (exact) mass is 634 g/mol. The number of rotatable bonds is 5. The number of halogens is 8. The van der Waals surface area contributed by atoms with Crippen LogP contribution in [0.3, 0.4) is 0 Å². The van der Waals surface area contributed by atoms with E-state index in [-0.39, 0.29) is 15.2 Å². The molecule has 0 N–H and O–H groups in total. The summed E-state index contributed by atoms with van der Waals surface area (Å²) in [5.74, 6) is 0. The first-order chi connectivity index (χ1) is 15.2. The maximum absolute atomic E-state index is 13.4. The van der Waals surface area contributed by atoms with Gasteiger partial charge in [0.25, 0.3) is 10.0 Å². The number of hydrogen-bond acceptors (Lipinski definition) is 4. The van der Waals surface area contributed by atoms with Crippen molar-refractivity contribution in [2.24, 2.45) is 0 Å². The number of alkyl halides is 6. The molecule has 3 aromatic rings. The standard InChI is InChI=1S/C19H10Br2F6N2O2S2/c20-13-9-16(17(21)28-10-13)29(32-14-5-1-3-11(7-14)18(22,23)24)33(30,31)15-6-2-4-12(8-15)19(25,26)27/h1-10H. The molecule has 3 rings (SSSR count). The Bertz CT molecular complexity index is 1280. The van der Waals surface area contributed by atoms with Crippen molar-refractivity contribution < 1.29 is 34.8 Å². The van der Waals surface area contributed by atoms with Crippen LogP contribution in [0.25, 0.3) is 0 Å². The van der Waals surface area contributed by atoms with Crippen LogP contribution in [-0.4, -0.2) is 13.4 Å².